The maximum Gasteiger partial charge on any atom is 0.159 e. The van der Waals surface area contributed by atoms with Gasteiger partial charge in [0.15, 0.2) is 11.6 Å². The van der Waals surface area contributed by atoms with E-state index in [0.717, 1.165) is 11.5 Å². The smallest absolute Gasteiger partial charge is 0.159 e. The van der Waals surface area contributed by atoms with Crippen LogP contribution in [-0.2, 0) is 0 Å². The van der Waals surface area contributed by atoms with Gasteiger partial charge < -0.3 is 0 Å². The summed E-state index contributed by atoms with van der Waals surface area (Å²) >= 11 is 0. The third-order valence-electron chi connectivity index (χ3n) is 6.07. The summed E-state index contributed by atoms with van der Waals surface area (Å²) in [5.41, 5.74) is 3.05. The van der Waals surface area contributed by atoms with Crippen LogP contribution < -0.4 is 0 Å². The summed E-state index contributed by atoms with van der Waals surface area (Å²) in [6.07, 6.45) is 6.52. The number of hydrogen-bond acceptors (Lipinski definition) is 0. The number of benzene rings is 3. The van der Waals surface area contributed by atoms with Gasteiger partial charge in [-0.25, -0.2) is 8.78 Å². The van der Waals surface area contributed by atoms with Gasteiger partial charge in [0.05, 0.1) is 0 Å². The SMILES string of the molecule is CCC1CCC(c2ccc(C#Cc3cccc4cc(F)c(F)cc34)cc2)CC1. The van der Waals surface area contributed by atoms with Gasteiger partial charge >= 0.3 is 0 Å². The molecule has 3 aromatic carbocycles. The van der Waals surface area contributed by atoms with E-state index in [0.29, 0.717) is 22.3 Å². The van der Waals surface area contributed by atoms with Crippen LogP contribution in [0.2, 0.25) is 0 Å². The first-order valence-electron chi connectivity index (χ1n) is 10.1. The lowest BCUT2D eigenvalue weighted by molar-refractivity contribution is 0.319. The van der Waals surface area contributed by atoms with Crippen LogP contribution in [-0.4, -0.2) is 0 Å². The summed E-state index contributed by atoms with van der Waals surface area (Å²) in [5.74, 6) is 6.19. The van der Waals surface area contributed by atoms with Crippen molar-refractivity contribution in [1.29, 1.82) is 0 Å². The molecule has 0 saturated heterocycles. The Kier molecular flexibility index (Phi) is 5.44. The predicted molar refractivity (Wildman–Crippen MR) is 111 cm³/mol. The Morgan fingerprint density at radius 1 is 0.857 bits per heavy atom. The molecule has 1 fully saturated rings. The third kappa shape index (κ3) is 3.94. The molecule has 0 radical (unpaired) electrons. The zero-order valence-corrected chi connectivity index (χ0v) is 16.1. The number of rotatable bonds is 2. The lowest BCUT2D eigenvalue weighted by Gasteiger charge is -2.28. The molecule has 4 rings (SSSR count). The molecule has 0 unspecified atom stereocenters. The molecule has 1 aliphatic rings. The third-order valence-corrected chi connectivity index (χ3v) is 6.07. The van der Waals surface area contributed by atoms with Crippen molar-refractivity contribution in [3.8, 4) is 11.8 Å². The van der Waals surface area contributed by atoms with Crippen LogP contribution in [0.5, 0.6) is 0 Å². The van der Waals surface area contributed by atoms with Crippen LogP contribution in [0.25, 0.3) is 10.8 Å². The largest absolute Gasteiger partial charge is 0.204 e. The predicted octanol–water partition coefficient (Wildman–Crippen LogP) is 7.20. The van der Waals surface area contributed by atoms with Gasteiger partial charge in [0.1, 0.15) is 0 Å². The molecule has 142 valence electrons. The van der Waals surface area contributed by atoms with Crippen molar-refractivity contribution in [1.82, 2.24) is 0 Å². The van der Waals surface area contributed by atoms with Crippen LogP contribution >= 0.6 is 0 Å². The van der Waals surface area contributed by atoms with Crippen LogP contribution in [0.1, 0.15) is 61.6 Å². The number of hydrogen-bond donors (Lipinski definition) is 0. The Morgan fingerprint density at radius 2 is 1.57 bits per heavy atom. The van der Waals surface area contributed by atoms with Gasteiger partial charge in [-0.1, -0.05) is 49.5 Å². The van der Waals surface area contributed by atoms with E-state index >= 15 is 0 Å². The summed E-state index contributed by atoms with van der Waals surface area (Å²) in [5, 5.41) is 1.29. The van der Waals surface area contributed by atoms with E-state index in [2.05, 4.69) is 43.0 Å². The van der Waals surface area contributed by atoms with Gasteiger partial charge in [-0.05, 0) is 78.8 Å². The average Bonchev–Trinajstić information content (AvgIpc) is 2.74. The molecular weight excluding hydrogens is 350 g/mol. The molecule has 0 nitrogen and oxygen atoms in total. The van der Waals surface area contributed by atoms with Gasteiger partial charge in [-0.2, -0.15) is 0 Å². The Balaban J connectivity index is 1.54. The lowest BCUT2D eigenvalue weighted by Crippen LogP contribution is -2.12. The standard InChI is InChI=1S/C26H24F2/c1-2-18-6-11-20(12-7-18)21-13-8-19(9-14-21)10-15-22-4-3-5-23-16-25(27)26(28)17-24(22)23/h3-5,8-9,13-14,16-18,20H,2,6-7,11-12H2,1H3. The normalized spacial score (nSPS) is 19.2. The van der Waals surface area contributed by atoms with Crippen LogP contribution in [0.15, 0.2) is 54.6 Å². The quantitative estimate of drug-likeness (QED) is 0.416. The van der Waals surface area contributed by atoms with Crippen molar-refractivity contribution < 1.29 is 8.78 Å². The molecule has 28 heavy (non-hydrogen) atoms. The molecule has 0 bridgehead atoms. The minimum Gasteiger partial charge on any atom is -0.204 e. The Morgan fingerprint density at radius 3 is 2.29 bits per heavy atom. The molecule has 0 spiro atoms. The zero-order chi connectivity index (χ0) is 19.5. The highest BCUT2D eigenvalue weighted by Crippen LogP contribution is 2.36. The summed E-state index contributed by atoms with van der Waals surface area (Å²) < 4.78 is 27.1. The maximum absolute atomic E-state index is 13.6. The first-order chi connectivity index (χ1) is 13.6. The Hall–Kier alpha value is -2.66. The van der Waals surface area contributed by atoms with E-state index in [-0.39, 0.29) is 0 Å². The second-order valence-corrected chi connectivity index (χ2v) is 7.79. The summed E-state index contributed by atoms with van der Waals surface area (Å²) in [4.78, 5) is 0. The summed E-state index contributed by atoms with van der Waals surface area (Å²) in [6.45, 7) is 2.29. The fraction of sp³-hybridized carbons (Fsp3) is 0.308. The van der Waals surface area contributed by atoms with E-state index in [9.17, 15) is 8.78 Å². The van der Waals surface area contributed by atoms with Crippen molar-refractivity contribution in [3.05, 3.63) is 82.9 Å². The molecule has 3 aromatic rings. The van der Waals surface area contributed by atoms with Gasteiger partial charge in [0, 0.05) is 16.5 Å². The van der Waals surface area contributed by atoms with E-state index in [1.165, 1.54) is 49.8 Å². The van der Waals surface area contributed by atoms with Crippen molar-refractivity contribution in [2.45, 2.75) is 44.9 Å². The minimum absolute atomic E-state index is 0.637. The first-order valence-corrected chi connectivity index (χ1v) is 10.1. The van der Waals surface area contributed by atoms with Gasteiger partial charge in [0.25, 0.3) is 0 Å². The van der Waals surface area contributed by atoms with Crippen molar-refractivity contribution >= 4 is 10.8 Å². The summed E-state index contributed by atoms with van der Waals surface area (Å²) in [7, 11) is 0. The fourth-order valence-corrected chi connectivity index (χ4v) is 4.26. The Labute approximate surface area is 165 Å². The highest BCUT2D eigenvalue weighted by molar-refractivity contribution is 5.88. The molecule has 0 aromatic heterocycles. The molecule has 0 N–H and O–H groups in total. The topological polar surface area (TPSA) is 0 Å². The zero-order valence-electron chi connectivity index (χ0n) is 16.1. The van der Waals surface area contributed by atoms with E-state index < -0.39 is 11.6 Å². The summed E-state index contributed by atoms with van der Waals surface area (Å²) in [6, 6.07) is 16.4. The molecule has 0 amide bonds. The lowest BCUT2D eigenvalue weighted by atomic mass is 9.78. The highest BCUT2D eigenvalue weighted by Gasteiger charge is 2.20. The van der Waals surface area contributed by atoms with Gasteiger partial charge in [-0.3, -0.25) is 0 Å². The second kappa shape index (κ2) is 8.15. The molecule has 0 atom stereocenters. The maximum atomic E-state index is 13.6. The van der Waals surface area contributed by atoms with Crippen LogP contribution in [0.3, 0.4) is 0 Å². The molecule has 0 heterocycles. The highest BCUT2D eigenvalue weighted by atomic mass is 19.2. The van der Waals surface area contributed by atoms with Gasteiger partial charge in [-0.15, -0.1) is 0 Å². The van der Waals surface area contributed by atoms with Gasteiger partial charge in [0.2, 0.25) is 0 Å². The van der Waals surface area contributed by atoms with Crippen LogP contribution in [0.4, 0.5) is 8.78 Å². The van der Waals surface area contributed by atoms with Crippen molar-refractivity contribution in [3.63, 3.8) is 0 Å². The number of halogens is 2. The van der Waals surface area contributed by atoms with E-state index in [4.69, 9.17) is 0 Å². The second-order valence-electron chi connectivity index (χ2n) is 7.79. The fourth-order valence-electron chi connectivity index (χ4n) is 4.26. The first kappa shape index (κ1) is 18.7. The molecule has 2 heteroatoms. The Bertz CT molecular complexity index is 1030. The number of fused-ring (bicyclic) bond motifs is 1. The van der Waals surface area contributed by atoms with Crippen molar-refractivity contribution in [2.24, 2.45) is 5.92 Å². The van der Waals surface area contributed by atoms with E-state index in [1.54, 1.807) is 6.07 Å². The van der Waals surface area contributed by atoms with Crippen LogP contribution in [0, 0.1) is 29.4 Å². The average molecular weight is 374 g/mol. The molecular formula is C26H24F2. The monoisotopic (exact) mass is 374 g/mol. The molecule has 1 aliphatic carbocycles. The van der Waals surface area contributed by atoms with E-state index in [1.807, 2.05) is 12.1 Å². The molecule has 1 saturated carbocycles. The minimum atomic E-state index is -0.844. The molecule has 0 aliphatic heterocycles. The van der Waals surface area contributed by atoms with Crippen molar-refractivity contribution in [2.75, 3.05) is 0 Å².